The topological polar surface area (TPSA) is 73.9 Å². The summed E-state index contributed by atoms with van der Waals surface area (Å²) in [6, 6.07) is 18.1. The van der Waals surface area contributed by atoms with Crippen molar-refractivity contribution in [3.8, 4) is 0 Å². The van der Waals surface area contributed by atoms with Crippen molar-refractivity contribution >= 4 is 17.4 Å². The molecule has 0 bridgehead atoms. The summed E-state index contributed by atoms with van der Waals surface area (Å²) >= 11 is 0. The summed E-state index contributed by atoms with van der Waals surface area (Å²) in [5.41, 5.74) is 3.37. The van der Waals surface area contributed by atoms with Gasteiger partial charge in [-0.15, -0.1) is 0 Å². The molecule has 3 aromatic carbocycles. The molecule has 0 spiro atoms. The largest absolute Gasteiger partial charge is 0.462 e. The van der Waals surface area contributed by atoms with Crippen LogP contribution < -0.4 is 5.32 Å². The standard InChI is InChI=1S/C27H26FNO5/c1-4-34-26(31)20-6-5-7-21-23(20)25(30)22(16-12-14-19(28)15-13-16)24(29-21)17-8-10-18(11-9-17)27(32-2)33-3/h5-15,22,24,27,29H,4H2,1-3H3. The zero-order chi connectivity index (χ0) is 24.2. The van der Waals surface area contributed by atoms with Crippen molar-refractivity contribution in [2.45, 2.75) is 25.2 Å². The van der Waals surface area contributed by atoms with Gasteiger partial charge in [0.25, 0.3) is 0 Å². The van der Waals surface area contributed by atoms with Crippen molar-refractivity contribution in [1.29, 1.82) is 0 Å². The molecule has 1 aliphatic rings. The number of benzene rings is 3. The van der Waals surface area contributed by atoms with Crippen LogP contribution in [0.2, 0.25) is 0 Å². The highest BCUT2D eigenvalue weighted by Crippen LogP contribution is 2.43. The Kier molecular flexibility index (Phi) is 7.05. The first kappa shape index (κ1) is 23.6. The highest BCUT2D eigenvalue weighted by Gasteiger charge is 2.39. The second kappa shape index (κ2) is 10.2. The van der Waals surface area contributed by atoms with Gasteiger partial charge in [0.15, 0.2) is 12.1 Å². The molecule has 0 amide bonds. The predicted molar refractivity (Wildman–Crippen MR) is 125 cm³/mol. The Morgan fingerprint density at radius 2 is 1.62 bits per heavy atom. The van der Waals surface area contributed by atoms with Gasteiger partial charge in [0.05, 0.1) is 29.7 Å². The van der Waals surface area contributed by atoms with Crippen molar-refractivity contribution < 1.29 is 28.2 Å². The van der Waals surface area contributed by atoms with E-state index in [9.17, 15) is 14.0 Å². The summed E-state index contributed by atoms with van der Waals surface area (Å²) in [6.07, 6.45) is -0.504. The van der Waals surface area contributed by atoms with E-state index >= 15 is 0 Å². The van der Waals surface area contributed by atoms with E-state index in [1.807, 2.05) is 24.3 Å². The van der Waals surface area contributed by atoms with Gasteiger partial charge in [-0.05, 0) is 42.3 Å². The Morgan fingerprint density at radius 3 is 2.24 bits per heavy atom. The van der Waals surface area contributed by atoms with Crippen LogP contribution in [0.25, 0.3) is 0 Å². The lowest BCUT2D eigenvalue weighted by Gasteiger charge is -2.35. The molecule has 3 aromatic rings. The lowest BCUT2D eigenvalue weighted by molar-refractivity contribution is -0.106. The fourth-order valence-electron chi connectivity index (χ4n) is 4.39. The van der Waals surface area contributed by atoms with Crippen LogP contribution in [0.4, 0.5) is 10.1 Å². The van der Waals surface area contributed by atoms with E-state index in [1.165, 1.54) is 12.1 Å². The van der Waals surface area contributed by atoms with Gasteiger partial charge < -0.3 is 19.5 Å². The number of esters is 1. The van der Waals surface area contributed by atoms with Crippen LogP contribution >= 0.6 is 0 Å². The van der Waals surface area contributed by atoms with Crippen LogP contribution in [-0.4, -0.2) is 32.6 Å². The Bertz CT molecular complexity index is 1170. The quantitative estimate of drug-likeness (QED) is 0.372. The number of methoxy groups -OCH3 is 2. The van der Waals surface area contributed by atoms with E-state index in [1.54, 1.807) is 51.5 Å². The lowest BCUT2D eigenvalue weighted by atomic mass is 9.77. The fourth-order valence-corrected chi connectivity index (χ4v) is 4.39. The molecule has 1 N–H and O–H groups in total. The van der Waals surface area contributed by atoms with Crippen LogP contribution in [0.5, 0.6) is 0 Å². The zero-order valence-electron chi connectivity index (χ0n) is 19.2. The molecular weight excluding hydrogens is 437 g/mol. The Labute approximate surface area is 197 Å². The summed E-state index contributed by atoms with van der Waals surface area (Å²) in [5.74, 6) is -1.86. The first-order valence-electron chi connectivity index (χ1n) is 11.0. The van der Waals surface area contributed by atoms with Crippen molar-refractivity contribution in [2.24, 2.45) is 0 Å². The predicted octanol–water partition coefficient (Wildman–Crippen LogP) is 5.43. The van der Waals surface area contributed by atoms with E-state index in [-0.39, 0.29) is 23.5 Å². The molecule has 4 rings (SSSR count). The fraction of sp³-hybridized carbons (Fsp3) is 0.259. The lowest BCUT2D eigenvalue weighted by Crippen LogP contribution is -2.33. The highest BCUT2D eigenvalue weighted by molar-refractivity contribution is 6.14. The summed E-state index contributed by atoms with van der Waals surface area (Å²) in [4.78, 5) is 26.5. The van der Waals surface area contributed by atoms with Gasteiger partial charge in [0.1, 0.15) is 5.82 Å². The van der Waals surface area contributed by atoms with E-state index in [4.69, 9.17) is 14.2 Å². The number of ketones is 1. The van der Waals surface area contributed by atoms with Crippen LogP contribution in [0.3, 0.4) is 0 Å². The van der Waals surface area contributed by atoms with Crippen LogP contribution in [0, 0.1) is 5.82 Å². The molecule has 2 atom stereocenters. The number of carbonyl (C=O) groups is 2. The number of ether oxygens (including phenoxy) is 3. The second-order valence-electron chi connectivity index (χ2n) is 7.93. The third-order valence-corrected chi connectivity index (χ3v) is 5.96. The molecule has 0 aliphatic carbocycles. The van der Waals surface area contributed by atoms with Crippen LogP contribution in [0.15, 0.2) is 66.7 Å². The third kappa shape index (κ3) is 4.44. The number of rotatable bonds is 7. The smallest absolute Gasteiger partial charge is 0.338 e. The minimum absolute atomic E-state index is 0.199. The van der Waals surface area contributed by atoms with E-state index < -0.39 is 30.0 Å². The molecule has 1 heterocycles. The van der Waals surface area contributed by atoms with Gasteiger partial charge in [0.2, 0.25) is 0 Å². The summed E-state index contributed by atoms with van der Waals surface area (Å²) in [7, 11) is 3.12. The minimum Gasteiger partial charge on any atom is -0.462 e. The Morgan fingerprint density at radius 1 is 0.971 bits per heavy atom. The van der Waals surface area contributed by atoms with Gasteiger partial charge in [-0.2, -0.15) is 0 Å². The molecule has 0 radical (unpaired) electrons. The van der Waals surface area contributed by atoms with Crippen molar-refractivity contribution in [1.82, 2.24) is 0 Å². The zero-order valence-corrected chi connectivity index (χ0v) is 19.2. The van der Waals surface area contributed by atoms with Gasteiger partial charge in [0, 0.05) is 25.5 Å². The maximum atomic E-state index is 13.9. The van der Waals surface area contributed by atoms with Crippen molar-refractivity contribution in [3.05, 3.63) is 100 Å². The third-order valence-electron chi connectivity index (χ3n) is 5.96. The van der Waals surface area contributed by atoms with E-state index in [0.717, 1.165) is 11.1 Å². The number of carbonyl (C=O) groups excluding carboxylic acids is 2. The summed E-state index contributed by atoms with van der Waals surface area (Å²) in [5, 5.41) is 3.44. The average molecular weight is 464 g/mol. The van der Waals surface area contributed by atoms with Crippen molar-refractivity contribution in [2.75, 3.05) is 26.1 Å². The molecule has 0 saturated carbocycles. The number of fused-ring (bicyclic) bond motifs is 1. The number of hydrogen-bond acceptors (Lipinski definition) is 6. The molecule has 1 aliphatic heterocycles. The number of Topliss-reactive ketones (excluding diaryl/α,β-unsaturated/α-hetero) is 1. The Hall–Kier alpha value is -3.55. The normalized spacial score (nSPS) is 17.3. The maximum Gasteiger partial charge on any atom is 0.338 e. The van der Waals surface area contributed by atoms with Gasteiger partial charge in [-0.25, -0.2) is 9.18 Å². The molecular formula is C27H26FNO5. The number of anilines is 1. The molecule has 0 aromatic heterocycles. The summed E-state index contributed by atoms with van der Waals surface area (Å²) < 4.78 is 29.5. The monoisotopic (exact) mass is 463 g/mol. The molecule has 7 heteroatoms. The molecule has 2 unspecified atom stereocenters. The van der Waals surface area contributed by atoms with Crippen molar-refractivity contribution in [3.63, 3.8) is 0 Å². The van der Waals surface area contributed by atoms with Crippen LogP contribution in [0.1, 0.15) is 62.6 Å². The molecule has 0 fully saturated rings. The molecule has 176 valence electrons. The maximum absolute atomic E-state index is 13.9. The SMILES string of the molecule is CCOC(=O)c1cccc2c1C(=O)C(c1ccc(F)cc1)C(c1ccc(C(OC)OC)cc1)N2. The van der Waals surface area contributed by atoms with E-state index in [2.05, 4.69) is 5.32 Å². The van der Waals surface area contributed by atoms with Crippen LogP contribution in [-0.2, 0) is 14.2 Å². The van der Waals surface area contributed by atoms with E-state index in [0.29, 0.717) is 11.3 Å². The number of nitrogens with one attached hydrogen (secondary N) is 1. The molecule has 6 nitrogen and oxygen atoms in total. The first-order valence-corrected chi connectivity index (χ1v) is 11.0. The van der Waals surface area contributed by atoms with Gasteiger partial charge >= 0.3 is 5.97 Å². The first-order chi connectivity index (χ1) is 16.5. The van der Waals surface area contributed by atoms with Gasteiger partial charge in [-0.1, -0.05) is 42.5 Å². The summed E-state index contributed by atoms with van der Waals surface area (Å²) in [6.45, 7) is 1.91. The Balaban J connectivity index is 1.81. The average Bonchev–Trinajstić information content (AvgIpc) is 2.85. The highest BCUT2D eigenvalue weighted by atomic mass is 19.1. The molecule has 0 saturated heterocycles. The number of halogens is 1. The second-order valence-corrected chi connectivity index (χ2v) is 7.93. The number of hydrogen-bond donors (Lipinski definition) is 1. The molecule has 34 heavy (non-hydrogen) atoms. The minimum atomic E-state index is -0.685. The van der Waals surface area contributed by atoms with Gasteiger partial charge in [-0.3, -0.25) is 4.79 Å².